The molecule has 1 saturated heterocycles. The summed E-state index contributed by atoms with van der Waals surface area (Å²) in [6, 6.07) is 13.9. The van der Waals surface area contributed by atoms with E-state index in [2.05, 4.69) is 20.8 Å². The summed E-state index contributed by atoms with van der Waals surface area (Å²) < 4.78 is 1.65. The zero-order valence-corrected chi connectivity index (χ0v) is 19.4. The molecule has 0 N–H and O–H groups in total. The van der Waals surface area contributed by atoms with Gasteiger partial charge in [0.05, 0.1) is 22.3 Å². The largest absolute Gasteiger partial charge is 0.337 e. The summed E-state index contributed by atoms with van der Waals surface area (Å²) in [5.74, 6) is 0.378. The second-order valence-corrected chi connectivity index (χ2v) is 9.48. The van der Waals surface area contributed by atoms with Crippen LogP contribution in [0.15, 0.2) is 52.4 Å². The third-order valence-electron chi connectivity index (χ3n) is 6.30. The third kappa shape index (κ3) is 4.26. The normalized spacial score (nSPS) is 19.0. The summed E-state index contributed by atoms with van der Waals surface area (Å²) in [6.45, 7) is 8.33. The van der Waals surface area contributed by atoms with Crippen LogP contribution in [0.2, 0.25) is 0 Å². The highest BCUT2D eigenvalue weighted by molar-refractivity contribution is 7.99. The van der Waals surface area contributed by atoms with E-state index in [0.717, 1.165) is 30.5 Å². The minimum atomic E-state index is -0.108. The molecule has 2 aromatic carbocycles. The number of aromatic nitrogens is 2. The maximum atomic E-state index is 13.4. The van der Waals surface area contributed by atoms with Gasteiger partial charge in [-0.15, -0.1) is 0 Å². The van der Waals surface area contributed by atoms with E-state index in [9.17, 15) is 9.59 Å². The number of likely N-dealkylation sites (tertiary alicyclic amines) is 1. The van der Waals surface area contributed by atoms with Crippen molar-refractivity contribution in [2.45, 2.75) is 64.2 Å². The highest BCUT2D eigenvalue weighted by Crippen LogP contribution is 2.26. The van der Waals surface area contributed by atoms with Gasteiger partial charge in [0.25, 0.3) is 5.56 Å². The second-order valence-electron chi connectivity index (χ2n) is 8.54. The van der Waals surface area contributed by atoms with E-state index >= 15 is 0 Å². The Morgan fingerprint density at radius 3 is 2.48 bits per heavy atom. The van der Waals surface area contributed by atoms with Gasteiger partial charge in [0.15, 0.2) is 5.16 Å². The van der Waals surface area contributed by atoms with Gasteiger partial charge in [0.1, 0.15) is 0 Å². The van der Waals surface area contributed by atoms with Crippen molar-refractivity contribution in [3.8, 4) is 5.69 Å². The minimum absolute atomic E-state index is 0.108. The standard InChI is InChI=1S/C25H29N3O2S/c1-16-12-13-20(14-17(16)2)28-24(30)21-10-5-6-11-22(21)26-25(28)31-15-23(29)27-18(3)8-7-9-19(27)4/h5-6,10-14,18-19H,7-9,15H2,1-4H3/t18-,19-/m1/s1. The van der Waals surface area contributed by atoms with E-state index in [-0.39, 0.29) is 29.3 Å². The number of hydrogen-bond acceptors (Lipinski definition) is 4. The van der Waals surface area contributed by atoms with Gasteiger partial charge >= 0.3 is 0 Å². The summed E-state index contributed by atoms with van der Waals surface area (Å²) in [5.41, 5.74) is 3.61. The van der Waals surface area contributed by atoms with E-state index in [1.807, 2.05) is 48.2 Å². The maximum Gasteiger partial charge on any atom is 0.266 e. The van der Waals surface area contributed by atoms with Crippen LogP contribution in [0.25, 0.3) is 16.6 Å². The Balaban J connectivity index is 1.73. The lowest BCUT2D eigenvalue weighted by Crippen LogP contribution is -2.48. The topological polar surface area (TPSA) is 55.2 Å². The van der Waals surface area contributed by atoms with Crippen LogP contribution < -0.4 is 5.56 Å². The van der Waals surface area contributed by atoms with Gasteiger partial charge in [-0.3, -0.25) is 14.2 Å². The molecule has 31 heavy (non-hydrogen) atoms. The zero-order chi connectivity index (χ0) is 22.1. The van der Waals surface area contributed by atoms with Crippen LogP contribution in [-0.2, 0) is 4.79 Å². The number of amides is 1. The van der Waals surface area contributed by atoms with Gasteiger partial charge in [-0.05, 0) is 82.3 Å². The summed E-state index contributed by atoms with van der Waals surface area (Å²) >= 11 is 1.35. The van der Waals surface area contributed by atoms with Crippen LogP contribution in [0, 0.1) is 13.8 Å². The van der Waals surface area contributed by atoms with Gasteiger partial charge in [-0.1, -0.05) is 30.0 Å². The van der Waals surface area contributed by atoms with Gasteiger partial charge < -0.3 is 4.90 Å². The lowest BCUT2D eigenvalue weighted by atomic mass is 9.98. The van der Waals surface area contributed by atoms with Crippen LogP contribution in [-0.4, -0.2) is 38.2 Å². The van der Waals surface area contributed by atoms with E-state index < -0.39 is 0 Å². The number of piperidine rings is 1. The Kier molecular flexibility index (Phi) is 6.19. The van der Waals surface area contributed by atoms with E-state index in [4.69, 9.17) is 4.98 Å². The molecule has 0 radical (unpaired) electrons. The Hall–Kier alpha value is -2.60. The number of thioether (sulfide) groups is 1. The fourth-order valence-electron chi connectivity index (χ4n) is 4.42. The molecule has 0 saturated carbocycles. The molecular weight excluding hydrogens is 406 g/mol. The minimum Gasteiger partial charge on any atom is -0.337 e. The molecule has 6 heteroatoms. The summed E-state index contributed by atoms with van der Waals surface area (Å²) in [4.78, 5) is 33.3. The molecule has 4 rings (SSSR count). The number of fused-ring (bicyclic) bond motifs is 1. The molecule has 3 aromatic rings. The zero-order valence-electron chi connectivity index (χ0n) is 18.6. The predicted molar refractivity (Wildman–Crippen MR) is 127 cm³/mol. The summed E-state index contributed by atoms with van der Waals surface area (Å²) in [6.07, 6.45) is 3.25. The highest BCUT2D eigenvalue weighted by atomic mass is 32.2. The molecule has 5 nitrogen and oxygen atoms in total. The van der Waals surface area contributed by atoms with Gasteiger partial charge in [0, 0.05) is 12.1 Å². The Bertz CT molecular complexity index is 1180. The molecule has 2 heterocycles. The number of carbonyl (C=O) groups excluding carboxylic acids is 1. The highest BCUT2D eigenvalue weighted by Gasteiger charge is 2.29. The van der Waals surface area contributed by atoms with Crippen molar-refractivity contribution >= 4 is 28.6 Å². The van der Waals surface area contributed by atoms with E-state index in [0.29, 0.717) is 16.1 Å². The first-order valence-corrected chi connectivity index (χ1v) is 11.9. The summed E-state index contributed by atoms with van der Waals surface area (Å²) in [7, 11) is 0. The van der Waals surface area contributed by atoms with Crippen molar-refractivity contribution < 1.29 is 4.79 Å². The van der Waals surface area contributed by atoms with Crippen molar-refractivity contribution in [1.29, 1.82) is 0 Å². The van der Waals surface area contributed by atoms with Crippen LogP contribution in [0.3, 0.4) is 0 Å². The second kappa shape index (κ2) is 8.87. The molecule has 1 aliphatic heterocycles. The first-order valence-electron chi connectivity index (χ1n) is 10.9. The quantitative estimate of drug-likeness (QED) is 0.433. The third-order valence-corrected chi connectivity index (χ3v) is 7.22. The first-order chi connectivity index (χ1) is 14.9. The van der Waals surface area contributed by atoms with Gasteiger partial charge in [-0.25, -0.2) is 4.98 Å². The van der Waals surface area contributed by atoms with Crippen molar-refractivity contribution in [2.24, 2.45) is 0 Å². The lowest BCUT2D eigenvalue weighted by Gasteiger charge is -2.39. The average molecular weight is 436 g/mol. The molecule has 0 bridgehead atoms. The molecule has 1 amide bonds. The molecular formula is C25H29N3O2S. The molecule has 2 atom stereocenters. The number of carbonyl (C=O) groups is 1. The molecule has 162 valence electrons. The van der Waals surface area contributed by atoms with E-state index in [1.165, 1.54) is 17.3 Å². The molecule has 1 aliphatic rings. The lowest BCUT2D eigenvalue weighted by molar-refractivity contribution is -0.134. The molecule has 0 unspecified atom stereocenters. The molecule has 1 aromatic heterocycles. The number of aryl methyl sites for hydroxylation is 2. The van der Waals surface area contributed by atoms with Crippen LogP contribution in [0.4, 0.5) is 0 Å². The Morgan fingerprint density at radius 2 is 1.77 bits per heavy atom. The molecule has 0 aliphatic carbocycles. The smallest absolute Gasteiger partial charge is 0.266 e. The summed E-state index contributed by atoms with van der Waals surface area (Å²) in [5, 5.41) is 1.13. The SMILES string of the molecule is Cc1ccc(-n2c(SCC(=O)N3[C@H](C)CCC[C@H]3C)nc3ccccc3c2=O)cc1C. The fraction of sp³-hybridized carbons (Fsp3) is 0.400. The van der Waals surface area contributed by atoms with Crippen molar-refractivity contribution in [3.63, 3.8) is 0 Å². The van der Waals surface area contributed by atoms with Crippen molar-refractivity contribution in [3.05, 3.63) is 63.9 Å². The first kappa shape index (κ1) is 21.6. The van der Waals surface area contributed by atoms with Crippen LogP contribution in [0.5, 0.6) is 0 Å². The molecule has 1 fully saturated rings. The van der Waals surface area contributed by atoms with Crippen LogP contribution in [0.1, 0.15) is 44.2 Å². The number of benzene rings is 2. The van der Waals surface area contributed by atoms with Crippen molar-refractivity contribution in [1.82, 2.24) is 14.5 Å². The average Bonchev–Trinajstić information content (AvgIpc) is 2.74. The maximum absolute atomic E-state index is 13.4. The fourth-order valence-corrected chi connectivity index (χ4v) is 5.30. The van der Waals surface area contributed by atoms with E-state index in [1.54, 1.807) is 10.6 Å². The Morgan fingerprint density at radius 1 is 1.06 bits per heavy atom. The molecule has 0 spiro atoms. The van der Waals surface area contributed by atoms with Crippen LogP contribution >= 0.6 is 11.8 Å². The van der Waals surface area contributed by atoms with Gasteiger partial charge in [0.2, 0.25) is 5.91 Å². The number of nitrogens with zero attached hydrogens (tertiary/aromatic N) is 3. The Labute approximate surface area is 187 Å². The monoisotopic (exact) mass is 435 g/mol. The number of rotatable bonds is 4. The number of hydrogen-bond donors (Lipinski definition) is 0. The number of para-hydroxylation sites is 1. The van der Waals surface area contributed by atoms with Gasteiger partial charge in [-0.2, -0.15) is 0 Å². The van der Waals surface area contributed by atoms with Crippen molar-refractivity contribution in [2.75, 3.05) is 5.75 Å². The predicted octanol–water partition coefficient (Wildman–Crippen LogP) is 4.88.